The number of carbonyl (C=O) groups excluding carboxylic acids is 1. The lowest BCUT2D eigenvalue weighted by Gasteiger charge is -2.19. The van der Waals surface area contributed by atoms with E-state index in [-0.39, 0.29) is 0 Å². The molecule has 0 aliphatic carbocycles. The van der Waals surface area contributed by atoms with Crippen LogP contribution in [0.25, 0.3) is 0 Å². The molecule has 2 rings (SSSR count). The van der Waals surface area contributed by atoms with Crippen molar-refractivity contribution in [3.05, 3.63) is 18.2 Å². The molecule has 0 bridgehead atoms. The average Bonchev–Trinajstić information content (AvgIpc) is 2.43. The zero-order valence-corrected chi connectivity index (χ0v) is 11.2. The smallest absolute Gasteiger partial charge is 0.411 e. The van der Waals surface area contributed by atoms with Crippen molar-refractivity contribution in [3.8, 4) is 11.5 Å². The lowest BCUT2D eigenvalue weighted by molar-refractivity contribution is -0.184. The van der Waals surface area contributed by atoms with Gasteiger partial charge in [0.25, 0.3) is 5.91 Å². The standard InChI is InChI=1S/C13H14F3NO4/c1-8(21-7-13(14,15)16)12(18)17-9-2-3-10-11(6-9)20-5-4-19-10/h2-3,6,8H,4-5,7H2,1H3,(H,17,18). The van der Waals surface area contributed by atoms with Crippen molar-refractivity contribution in [1.82, 2.24) is 0 Å². The van der Waals surface area contributed by atoms with Crippen molar-refractivity contribution in [2.24, 2.45) is 0 Å². The Morgan fingerprint density at radius 2 is 2.00 bits per heavy atom. The molecule has 1 aliphatic rings. The lowest BCUT2D eigenvalue weighted by Crippen LogP contribution is -2.31. The Morgan fingerprint density at radius 3 is 2.67 bits per heavy atom. The van der Waals surface area contributed by atoms with Gasteiger partial charge in [-0.05, 0) is 19.1 Å². The fraction of sp³-hybridized carbons (Fsp3) is 0.462. The quantitative estimate of drug-likeness (QED) is 0.928. The number of nitrogens with one attached hydrogen (secondary N) is 1. The van der Waals surface area contributed by atoms with E-state index >= 15 is 0 Å². The summed E-state index contributed by atoms with van der Waals surface area (Å²) in [7, 11) is 0. The molecule has 0 radical (unpaired) electrons. The zero-order valence-electron chi connectivity index (χ0n) is 11.2. The normalized spacial score (nSPS) is 15.4. The summed E-state index contributed by atoms with van der Waals surface area (Å²) in [6.07, 6.45) is -5.69. The van der Waals surface area contributed by atoms with Gasteiger partial charge >= 0.3 is 6.18 Å². The minimum atomic E-state index is -4.47. The van der Waals surface area contributed by atoms with Crippen molar-refractivity contribution in [3.63, 3.8) is 0 Å². The Labute approximate surface area is 119 Å². The number of ether oxygens (including phenoxy) is 3. The number of alkyl halides is 3. The first-order valence-corrected chi connectivity index (χ1v) is 6.24. The monoisotopic (exact) mass is 305 g/mol. The molecule has 1 heterocycles. The van der Waals surface area contributed by atoms with Crippen LogP contribution >= 0.6 is 0 Å². The van der Waals surface area contributed by atoms with E-state index in [1.165, 1.54) is 6.92 Å². The van der Waals surface area contributed by atoms with Gasteiger partial charge in [-0.3, -0.25) is 4.79 Å². The second kappa shape index (κ2) is 6.21. The highest BCUT2D eigenvalue weighted by Gasteiger charge is 2.30. The summed E-state index contributed by atoms with van der Waals surface area (Å²) in [6.45, 7) is 0.623. The first kappa shape index (κ1) is 15.4. The van der Waals surface area contributed by atoms with Crippen LogP contribution in [-0.4, -0.2) is 38.0 Å². The first-order valence-electron chi connectivity index (χ1n) is 6.24. The largest absolute Gasteiger partial charge is 0.486 e. The summed E-state index contributed by atoms with van der Waals surface area (Å²) in [5.74, 6) is 0.361. The van der Waals surface area contributed by atoms with Gasteiger partial charge < -0.3 is 19.5 Å². The van der Waals surface area contributed by atoms with Crippen molar-refractivity contribution in [1.29, 1.82) is 0 Å². The maximum Gasteiger partial charge on any atom is 0.411 e. The molecule has 5 nitrogen and oxygen atoms in total. The fourth-order valence-electron chi connectivity index (χ4n) is 1.66. The van der Waals surface area contributed by atoms with Gasteiger partial charge in [-0.2, -0.15) is 13.2 Å². The van der Waals surface area contributed by atoms with Crippen LogP contribution in [0.4, 0.5) is 18.9 Å². The lowest BCUT2D eigenvalue weighted by atomic mass is 10.2. The second-order valence-electron chi connectivity index (χ2n) is 4.42. The number of benzene rings is 1. The van der Waals surface area contributed by atoms with Crippen LogP contribution in [-0.2, 0) is 9.53 Å². The third-order valence-electron chi connectivity index (χ3n) is 2.68. The van der Waals surface area contributed by atoms with E-state index < -0.39 is 24.8 Å². The topological polar surface area (TPSA) is 56.8 Å². The van der Waals surface area contributed by atoms with Crippen LogP contribution in [0.15, 0.2) is 18.2 Å². The fourth-order valence-corrected chi connectivity index (χ4v) is 1.66. The predicted octanol–water partition coefficient (Wildman–Crippen LogP) is 2.36. The Hall–Kier alpha value is -1.96. The van der Waals surface area contributed by atoms with Crippen molar-refractivity contribution in [2.45, 2.75) is 19.2 Å². The molecule has 1 atom stereocenters. The van der Waals surface area contributed by atoms with Crippen molar-refractivity contribution < 1.29 is 32.2 Å². The zero-order chi connectivity index (χ0) is 15.5. The molecule has 116 valence electrons. The molecule has 1 N–H and O–H groups in total. The molecule has 1 aliphatic heterocycles. The van der Waals surface area contributed by atoms with Gasteiger partial charge in [-0.25, -0.2) is 0 Å². The molecule has 0 fully saturated rings. The van der Waals surface area contributed by atoms with Crippen LogP contribution in [0.1, 0.15) is 6.92 Å². The SMILES string of the molecule is CC(OCC(F)(F)F)C(=O)Nc1ccc2c(c1)OCCO2. The van der Waals surface area contributed by atoms with Gasteiger partial charge in [-0.15, -0.1) is 0 Å². The molecule has 0 saturated carbocycles. The summed E-state index contributed by atoms with van der Waals surface area (Å²) < 4.78 is 51.1. The molecule has 8 heteroatoms. The van der Waals surface area contributed by atoms with Gasteiger partial charge in [-0.1, -0.05) is 0 Å². The van der Waals surface area contributed by atoms with E-state index in [1.807, 2.05) is 0 Å². The maximum absolute atomic E-state index is 12.0. The predicted molar refractivity (Wildman–Crippen MR) is 67.5 cm³/mol. The van der Waals surface area contributed by atoms with Crippen LogP contribution in [0, 0.1) is 0 Å². The van der Waals surface area contributed by atoms with Gasteiger partial charge in [0.1, 0.15) is 25.9 Å². The minimum Gasteiger partial charge on any atom is -0.486 e. The number of fused-ring (bicyclic) bond motifs is 1. The van der Waals surface area contributed by atoms with Crippen molar-refractivity contribution >= 4 is 11.6 Å². The van der Waals surface area contributed by atoms with Gasteiger partial charge in [0.2, 0.25) is 0 Å². The first-order chi connectivity index (χ1) is 9.85. The van der Waals surface area contributed by atoms with Gasteiger partial charge in [0, 0.05) is 11.8 Å². The van der Waals surface area contributed by atoms with Crippen LogP contribution in [0.2, 0.25) is 0 Å². The van der Waals surface area contributed by atoms with E-state index in [9.17, 15) is 18.0 Å². The number of rotatable bonds is 4. The molecule has 1 amide bonds. The van der Waals surface area contributed by atoms with Gasteiger partial charge in [0.05, 0.1) is 0 Å². The Balaban J connectivity index is 1.93. The molecule has 1 aromatic carbocycles. The second-order valence-corrected chi connectivity index (χ2v) is 4.42. The molecule has 1 unspecified atom stereocenters. The molecule has 0 spiro atoms. The number of anilines is 1. The number of hydrogen-bond donors (Lipinski definition) is 1. The molecule has 21 heavy (non-hydrogen) atoms. The van der Waals surface area contributed by atoms with Gasteiger partial charge in [0.15, 0.2) is 11.5 Å². The summed E-state index contributed by atoms with van der Waals surface area (Å²) in [4.78, 5) is 11.7. The van der Waals surface area contributed by atoms with E-state index in [1.54, 1.807) is 18.2 Å². The highest BCUT2D eigenvalue weighted by atomic mass is 19.4. The summed E-state index contributed by atoms with van der Waals surface area (Å²) in [6, 6.07) is 4.73. The molecule has 0 aromatic heterocycles. The molecular formula is C13H14F3NO4. The van der Waals surface area contributed by atoms with E-state index in [0.29, 0.717) is 30.4 Å². The van der Waals surface area contributed by atoms with E-state index in [0.717, 1.165) is 0 Å². The number of amides is 1. The van der Waals surface area contributed by atoms with Crippen molar-refractivity contribution in [2.75, 3.05) is 25.1 Å². The van der Waals surface area contributed by atoms with Crippen LogP contribution < -0.4 is 14.8 Å². The number of hydrogen-bond acceptors (Lipinski definition) is 4. The summed E-state index contributed by atoms with van der Waals surface area (Å²) in [5.41, 5.74) is 0.395. The summed E-state index contributed by atoms with van der Waals surface area (Å²) >= 11 is 0. The maximum atomic E-state index is 12.0. The molecule has 0 saturated heterocycles. The van der Waals surface area contributed by atoms with Crippen LogP contribution in [0.3, 0.4) is 0 Å². The number of halogens is 3. The Bertz CT molecular complexity index is 519. The summed E-state index contributed by atoms with van der Waals surface area (Å²) in [5, 5.41) is 2.46. The van der Waals surface area contributed by atoms with Crippen LogP contribution in [0.5, 0.6) is 11.5 Å². The number of carbonyl (C=O) groups is 1. The van der Waals surface area contributed by atoms with E-state index in [4.69, 9.17) is 9.47 Å². The Morgan fingerprint density at radius 1 is 1.33 bits per heavy atom. The highest BCUT2D eigenvalue weighted by Crippen LogP contribution is 2.32. The van der Waals surface area contributed by atoms with E-state index in [2.05, 4.69) is 10.1 Å². The average molecular weight is 305 g/mol. The molecule has 1 aromatic rings. The Kier molecular flexibility index (Phi) is 4.56. The molecular weight excluding hydrogens is 291 g/mol. The third kappa shape index (κ3) is 4.52. The minimum absolute atomic E-state index is 0.395. The highest BCUT2D eigenvalue weighted by molar-refractivity contribution is 5.94. The third-order valence-corrected chi connectivity index (χ3v) is 2.68.